The Hall–Kier alpha value is -2.44. The number of hydrogen-bond acceptors (Lipinski definition) is 3. The maximum absolute atomic E-state index is 13.5. The Balaban J connectivity index is 1.34. The van der Waals surface area contributed by atoms with Gasteiger partial charge in [-0.2, -0.15) is 0 Å². The Bertz CT molecular complexity index is 1140. The van der Waals surface area contributed by atoms with Gasteiger partial charge in [0.25, 0.3) is 5.91 Å². The Kier molecular flexibility index (Phi) is 4.60. The van der Waals surface area contributed by atoms with E-state index < -0.39 is 0 Å². The highest BCUT2D eigenvalue weighted by atomic mass is 79.9. The lowest BCUT2D eigenvalue weighted by Gasteiger charge is -2.37. The largest absolute Gasteiger partial charge is 0.289 e. The molecule has 6 atom stereocenters. The van der Waals surface area contributed by atoms with E-state index in [-0.39, 0.29) is 48.1 Å². The summed E-state index contributed by atoms with van der Waals surface area (Å²) in [6.07, 6.45) is 5.42. The van der Waals surface area contributed by atoms with Crippen molar-refractivity contribution in [3.8, 4) is 0 Å². The van der Waals surface area contributed by atoms with Gasteiger partial charge < -0.3 is 0 Å². The summed E-state index contributed by atoms with van der Waals surface area (Å²) in [7, 11) is 0. The zero-order valence-electron chi connectivity index (χ0n) is 17.0. The number of imide groups is 1. The summed E-state index contributed by atoms with van der Waals surface area (Å²) >= 11 is 9.59. The molecule has 2 saturated carbocycles. The number of carbonyl (C=O) groups is 3. The highest BCUT2D eigenvalue weighted by molar-refractivity contribution is 9.10. The quantitative estimate of drug-likeness (QED) is 0.439. The molecule has 3 amide bonds. The van der Waals surface area contributed by atoms with E-state index in [4.69, 9.17) is 11.6 Å². The van der Waals surface area contributed by atoms with Crippen LogP contribution in [0, 0.1) is 35.5 Å². The standard InChI is InChI=1S/C25H20BrClN2O3/c26-14-6-4-13(5-7-14)23(30)28(16-3-1-2-15(27)10-16)12-29-24(31)21-17-8-9-18(20-11-19(17)20)22(21)25(29)32/h1-10,17-22H,11-12H2. The van der Waals surface area contributed by atoms with Crippen molar-refractivity contribution in [2.24, 2.45) is 35.5 Å². The summed E-state index contributed by atoms with van der Waals surface area (Å²) in [6, 6.07) is 13.9. The Morgan fingerprint density at radius 1 is 1.00 bits per heavy atom. The van der Waals surface area contributed by atoms with Crippen molar-refractivity contribution in [3.05, 3.63) is 75.7 Å². The van der Waals surface area contributed by atoms with Crippen LogP contribution in [0.1, 0.15) is 16.8 Å². The summed E-state index contributed by atoms with van der Waals surface area (Å²) in [5.41, 5.74) is 1.01. The maximum atomic E-state index is 13.5. The molecule has 5 nitrogen and oxygen atoms in total. The molecule has 0 spiro atoms. The first-order valence-corrected chi connectivity index (χ1v) is 12.0. The van der Waals surface area contributed by atoms with Crippen LogP contribution in [-0.2, 0) is 9.59 Å². The van der Waals surface area contributed by atoms with Crippen LogP contribution in [0.4, 0.5) is 5.69 Å². The molecule has 0 N–H and O–H groups in total. The molecule has 1 saturated heterocycles. The van der Waals surface area contributed by atoms with Crippen LogP contribution < -0.4 is 4.90 Å². The van der Waals surface area contributed by atoms with Crippen LogP contribution in [0.3, 0.4) is 0 Å². The maximum Gasteiger partial charge on any atom is 0.259 e. The minimum atomic E-state index is -0.292. The Labute approximate surface area is 199 Å². The molecular weight excluding hydrogens is 492 g/mol. The van der Waals surface area contributed by atoms with Gasteiger partial charge in [0.1, 0.15) is 6.67 Å². The van der Waals surface area contributed by atoms with Gasteiger partial charge in [0.05, 0.1) is 11.8 Å². The van der Waals surface area contributed by atoms with Gasteiger partial charge in [0.2, 0.25) is 11.8 Å². The van der Waals surface area contributed by atoms with E-state index in [0.29, 0.717) is 28.1 Å². The van der Waals surface area contributed by atoms with E-state index in [2.05, 4.69) is 28.1 Å². The third kappa shape index (κ3) is 3.00. The zero-order chi connectivity index (χ0) is 22.1. The van der Waals surface area contributed by atoms with Crippen LogP contribution in [-0.4, -0.2) is 29.3 Å². The topological polar surface area (TPSA) is 57.7 Å². The molecule has 2 aromatic rings. The van der Waals surface area contributed by atoms with Crippen LogP contribution >= 0.6 is 27.5 Å². The third-order valence-corrected chi connectivity index (χ3v) is 8.26. The number of halogens is 2. The number of likely N-dealkylation sites (tertiary alicyclic amines) is 1. The van der Waals surface area contributed by atoms with Gasteiger partial charge in [0, 0.05) is 20.7 Å². The number of hydrogen-bond donors (Lipinski definition) is 0. The van der Waals surface area contributed by atoms with Crippen molar-refractivity contribution in [1.29, 1.82) is 0 Å². The predicted molar refractivity (Wildman–Crippen MR) is 124 cm³/mol. The van der Waals surface area contributed by atoms with Gasteiger partial charge in [-0.15, -0.1) is 0 Å². The Morgan fingerprint density at radius 3 is 2.22 bits per heavy atom. The normalized spacial score (nSPS) is 31.5. The SMILES string of the molecule is O=C1C2C3C=CC(C4CC34)C2C(=O)N1CN(C(=O)c1ccc(Br)cc1)c1cccc(Cl)c1. The first-order chi connectivity index (χ1) is 15.4. The summed E-state index contributed by atoms with van der Waals surface area (Å²) in [5.74, 6) is 0.208. The second-order valence-corrected chi connectivity index (χ2v) is 10.5. The molecule has 2 bridgehead atoms. The molecule has 6 unspecified atom stereocenters. The van der Waals surface area contributed by atoms with E-state index in [0.717, 1.165) is 10.9 Å². The van der Waals surface area contributed by atoms with Crippen molar-refractivity contribution in [2.75, 3.05) is 11.6 Å². The molecule has 0 aromatic heterocycles. The van der Waals surface area contributed by atoms with Crippen LogP contribution in [0.25, 0.3) is 0 Å². The van der Waals surface area contributed by atoms with Gasteiger partial charge in [-0.05, 0) is 72.6 Å². The molecular formula is C25H20BrClN2O3. The van der Waals surface area contributed by atoms with Gasteiger partial charge in [0.15, 0.2) is 0 Å². The van der Waals surface area contributed by atoms with E-state index in [1.165, 1.54) is 9.80 Å². The lowest BCUT2D eigenvalue weighted by Crippen LogP contribution is -2.45. The molecule has 1 heterocycles. The molecule has 7 heteroatoms. The van der Waals surface area contributed by atoms with Crippen LogP contribution in [0.15, 0.2) is 65.2 Å². The van der Waals surface area contributed by atoms with Crippen molar-refractivity contribution < 1.29 is 14.4 Å². The monoisotopic (exact) mass is 510 g/mol. The fourth-order valence-corrected chi connectivity index (χ4v) is 6.40. The smallest absolute Gasteiger partial charge is 0.259 e. The summed E-state index contributed by atoms with van der Waals surface area (Å²) in [5, 5.41) is 0.478. The number of nitrogens with zero attached hydrogens (tertiary/aromatic N) is 2. The number of anilines is 1. The first-order valence-electron chi connectivity index (χ1n) is 10.8. The number of allylic oxidation sites excluding steroid dienone is 2. The number of carbonyl (C=O) groups excluding carboxylic acids is 3. The highest BCUT2D eigenvalue weighted by Gasteiger charge is 2.67. The van der Waals surface area contributed by atoms with Crippen LogP contribution in [0.2, 0.25) is 5.02 Å². The second kappa shape index (κ2) is 7.29. The van der Waals surface area contributed by atoms with Crippen molar-refractivity contribution >= 4 is 50.9 Å². The molecule has 7 rings (SSSR count). The van der Waals surface area contributed by atoms with Gasteiger partial charge in [-0.1, -0.05) is 45.7 Å². The number of rotatable bonds is 4. The van der Waals surface area contributed by atoms with Gasteiger partial charge in [-0.3, -0.25) is 24.2 Å². The zero-order valence-corrected chi connectivity index (χ0v) is 19.4. The number of amides is 3. The molecule has 5 aliphatic rings. The predicted octanol–water partition coefficient (Wildman–Crippen LogP) is 4.76. The van der Waals surface area contributed by atoms with Gasteiger partial charge in [-0.25, -0.2) is 0 Å². The van der Waals surface area contributed by atoms with Gasteiger partial charge >= 0.3 is 0 Å². The molecule has 162 valence electrons. The summed E-state index contributed by atoms with van der Waals surface area (Å²) < 4.78 is 0.860. The molecule has 0 radical (unpaired) electrons. The van der Waals surface area contributed by atoms with E-state index in [1.807, 2.05) is 0 Å². The molecule has 4 aliphatic carbocycles. The molecule has 2 aromatic carbocycles. The molecule has 3 fully saturated rings. The lowest BCUT2D eigenvalue weighted by molar-refractivity contribution is -0.140. The minimum absolute atomic E-state index is 0.116. The average Bonchev–Trinajstić information content (AvgIpc) is 3.57. The van der Waals surface area contributed by atoms with E-state index in [9.17, 15) is 14.4 Å². The fourth-order valence-electron chi connectivity index (χ4n) is 5.95. The van der Waals surface area contributed by atoms with Crippen LogP contribution in [0.5, 0.6) is 0 Å². The van der Waals surface area contributed by atoms with Crippen molar-refractivity contribution in [1.82, 2.24) is 4.90 Å². The highest BCUT2D eigenvalue weighted by Crippen LogP contribution is 2.65. The number of benzene rings is 2. The molecule has 32 heavy (non-hydrogen) atoms. The van der Waals surface area contributed by atoms with E-state index >= 15 is 0 Å². The summed E-state index contributed by atoms with van der Waals surface area (Å²) in [6.45, 7) is -0.116. The first kappa shape index (κ1) is 20.2. The Morgan fingerprint density at radius 2 is 1.62 bits per heavy atom. The minimum Gasteiger partial charge on any atom is -0.289 e. The lowest BCUT2D eigenvalue weighted by atomic mass is 9.63. The third-order valence-electron chi connectivity index (χ3n) is 7.49. The van der Waals surface area contributed by atoms with Crippen molar-refractivity contribution in [2.45, 2.75) is 6.42 Å². The molecule has 1 aliphatic heterocycles. The summed E-state index contributed by atoms with van der Waals surface area (Å²) in [4.78, 5) is 43.1. The van der Waals surface area contributed by atoms with Crippen molar-refractivity contribution in [3.63, 3.8) is 0 Å². The van der Waals surface area contributed by atoms with E-state index in [1.54, 1.807) is 48.5 Å². The second-order valence-electron chi connectivity index (χ2n) is 9.12. The average molecular weight is 512 g/mol. The fraction of sp³-hybridized carbons (Fsp3) is 0.320.